The molecule has 4 rings (SSSR count). The molecule has 0 amide bonds. The molecule has 0 saturated heterocycles. The smallest absolute Gasteiger partial charge is 0.210 e. The van der Waals surface area contributed by atoms with E-state index in [2.05, 4.69) is 94.7 Å². The van der Waals surface area contributed by atoms with E-state index in [0.717, 1.165) is 19.0 Å². The molecular weight excluding hydrogens is 330 g/mol. The summed E-state index contributed by atoms with van der Waals surface area (Å²) in [4.78, 5) is 0. The zero-order chi connectivity index (χ0) is 18.5. The van der Waals surface area contributed by atoms with Crippen LogP contribution in [-0.2, 0) is 6.54 Å². The maximum absolute atomic E-state index is 3.59. The first-order valence-electron chi connectivity index (χ1n) is 10.2. The predicted octanol–water partition coefficient (Wildman–Crippen LogP) is 4.54. The first-order valence-corrected chi connectivity index (χ1v) is 10.2. The van der Waals surface area contributed by atoms with Gasteiger partial charge in [-0.2, -0.15) is 4.57 Å². The molecule has 1 aliphatic rings. The summed E-state index contributed by atoms with van der Waals surface area (Å²) in [6.07, 6.45) is 14.1. The average Bonchev–Trinajstić information content (AvgIpc) is 3.27. The van der Waals surface area contributed by atoms with Gasteiger partial charge in [-0.25, -0.2) is 4.57 Å². The van der Waals surface area contributed by atoms with Gasteiger partial charge in [-0.3, -0.25) is 0 Å². The van der Waals surface area contributed by atoms with Crippen LogP contribution in [0.3, 0.4) is 0 Å². The Morgan fingerprint density at radius 1 is 0.815 bits per heavy atom. The number of anilines is 1. The van der Waals surface area contributed by atoms with Gasteiger partial charge in [0.15, 0.2) is 24.8 Å². The number of benzene rings is 1. The van der Waals surface area contributed by atoms with Crippen LogP contribution in [0.4, 0.5) is 5.69 Å². The van der Waals surface area contributed by atoms with E-state index in [0.29, 0.717) is 0 Å². The number of rotatable bonds is 6. The maximum Gasteiger partial charge on any atom is 0.210 e. The minimum Gasteiger partial charge on any atom is -0.385 e. The molecule has 3 aromatic rings. The Hall–Kier alpha value is -2.68. The van der Waals surface area contributed by atoms with Crippen molar-refractivity contribution in [2.24, 2.45) is 5.92 Å². The van der Waals surface area contributed by atoms with Gasteiger partial charge in [0.25, 0.3) is 0 Å². The van der Waals surface area contributed by atoms with Crippen LogP contribution < -0.4 is 14.5 Å². The van der Waals surface area contributed by atoms with Crippen molar-refractivity contribution in [1.29, 1.82) is 0 Å². The summed E-state index contributed by atoms with van der Waals surface area (Å²) in [6.45, 7) is 4.26. The van der Waals surface area contributed by atoms with E-state index in [1.165, 1.54) is 48.2 Å². The highest BCUT2D eigenvalue weighted by Gasteiger charge is 2.14. The molecule has 0 atom stereocenters. The summed E-state index contributed by atoms with van der Waals surface area (Å²) >= 11 is 0. The van der Waals surface area contributed by atoms with Crippen LogP contribution in [0.15, 0.2) is 73.3 Å². The van der Waals surface area contributed by atoms with Crippen molar-refractivity contribution in [2.75, 3.05) is 11.9 Å². The topological polar surface area (TPSA) is 19.8 Å². The van der Waals surface area contributed by atoms with Crippen molar-refractivity contribution >= 4 is 5.69 Å². The highest BCUT2D eigenvalue weighted by molar-refractivity contribution is 5.61. The van der Waals surface area contributed by atoms with Gasteiger partial charge in [-0.15, -0.1) is 0 Å². The molecule has 3 nitrogen and oxygen atoms in total. The van der Waals surface area contributed by atoms with Gasteiger partial charge in [-0.05, 0) is 48.9 Å². The molecule has 2 heterocycles. The molecule has 0 aliphatic heterocycles. The van der Waals surface area contributed by atoms with Gasteiger partial charge in [0.1, 0.15) is 6.54 Å². The van der Waals surface area contributed by atoms with E-state index in [1.807, 2.05) is 0 Å². The monoisotopic (exact) mass is 359 g/mol. The second-order valence-corrected chi connectivity index (χ2v) is 7.49. The fourth-order valence-corrected chi connectivity index (χ4v) is 3.88. The lowest BCUT2D eigenvalue weighted by atomic mass is 10.1. The van der Waals surface area contributed by atoms with Crippen molar-refractivity contribution in [3.05, 3.63) is 73.3 Å². The third-order valence-electron chi connectivity index (χ3n) is 5.65. The summed E-state index contributed by atoms with van der Waals surface area (Å²) < 4.78 is 4.34. The van der Waals surface area contributed by atoms with Gasteiger partial charge in [0, 0.05) is 48.6 Å². The SMILES string of the molecule is CC[n+]1ccc(-c2cc[n+](-c3ccc(NCC4CCCC4)cc3)cc2)cc1. The molecule has 1 saturated carbocycles. The first-order chi connectivity index (χ1) is 13.3. The van der Waals surface area contributed by atoms with Gasteiger partial charge in [0.05, 0.1) is 0 Å². The molecule has 3 heteroatoms. The molecule has 0 radical (unpaired) electrons. The van der Waals surface area contributed by atoms with Crippen LogP contribution in [0.2, 0.25) is 0 Å². The summed E-state index contributed by atoms with van der Waals surface area (Å²) in [5.41, 5.74) is 4.89. The van der Waals surface area contributed by atoms with Crippen molar-refractivity contribution in [3.63, 3.8) is 0 Å². The number of hydrogen-bond acceptors (Lipinski definition) is 1. The summed E-state index contributed by atoms with van der Waals surface area (Å²) in [5, 5.41) is 3.59. The number of nitrogens with one attached hydrogen (secondary N) is 1. The number of nitrogens with zero attached hydrogens (tertiary/aromatic N) is 2. The zero-order valence-corrected chi connectivity index (χ0v) is 16.1. The van der Waals surface area contributed by atoms with Crippen molar-refractivity contribution in [3.8, 4) is 16.8 Å². The standard InChI is InChI=1S/C24H28N3/c1-2-26-15-11-21(12-16-26)22-13-17-27(18-14-22)24-9-7-23(8-10-24)25-19-20-5-3-4-6-20/h7-18,20H,2-6,19H2,1H3/q+1/p+1. The van der Waals surface area contributed by atoms with Crippen LogP contribution in [-0.4, -0.2) is 6.54 Å². The molecule has 0 spiro atoms. The Kier molecular flexibility index (Phi) is 5.47. The summed E-state index contributed by atoms with van der Waals surface area (Å²) in [6, 6.07) is 17.4. The Morgan fingerprint density at radius 3 is 2.00 bits per heavy atom. The number of hydrogen-bond donors (Lipinski definition) is 1. The second-order valence-electron chi connectivity index (χ2n) is 7.49. The van der Waals surface area contributed by atoms with Gasteiger partial charge >= 0.3 is 0 Å². The molecule has 1 aromatic carbocycles. The van der Waals surface area contributed by atoms with E-state index in [4.69, 9.17) is 0 Å². The molecule has 0 unspecified atom stereocenters. The lowest BCUT2D eigenvalue weighted by Gasteiger charge is -2.11. The fourth-order valence-electron chi connectivity index (χ4n) is 3.88. The Labute approximate surface area is 162 Å². The summed E-state index contributed by atoms with van der Waals surface area (Å²) in [5.74, 6) is 0.858. The summed E-state index contributed by atoms with van der Waals surface area (Å²) in [7, 11) is 0. The first kappa shape index (κ1) is 17.7. The lowest BCUT2D eigenvalue weighted by molar-refractivity contribution is -0.693. The highest BCUT2D eigenvalue weighted by atomic mass is 14.9. The Bertz CT molecular complexity index is 846. The van der Waals surface area contributed by atoms with Crippen LogP contribution in [0, 0.1) is 5.92 Å². The number of aryl methyl sites for hydroxylation is 1. The van der Waals surface area contributed by atoms with E-state index in [9.17, 15) is 0 Å². The normalized spacial score (nSPS) is 14.4. The lowest BCUT2D eigenvalue weighted by Crippen LogP contribution is -2.30. The molecule has 27 heavy (non-hydrogen) atoms. The largest absolute Gasteiger partial charge is 0.385 e. The molecule has 1 N–H and O–H groups in total. The third kappa shape index (κ3) is 4.36. The highest BCUT2D eigenvalue weighted by Crippen LogP contribution is 2.25. The molecule has 138 valence electrons. The van der Waals surface area contributed by atoms with Crippen molar-refractivity contribution in [1.82, 2.24) is 0 Å². The minimum atomic E-state index is 0.858. The molecule has 2 aromatic heterocycles. The molecule has 0 bridgehead atoms. The van der Waals surface area contributed by atoms with Crippen LogP contribution in [0.25, 0.3) is 16.8 Å². The van der Waals surface area contributed by atoms with E-state index in [-0.39, 0.29) is 0 Å². The fraction of sp³-hybridized carbons (Fsp3) is 0.333. The quantitative estimate of drug-likeness (QED) is 0.641. The number of pyridine rings is 2. The van der Waals surface area contributed by atoms with Crippen LogP contribution in [0.1, 0.15) is 32.6 Å². The van der Waals surface area contributed by atoms with Crippen LogP contribution in [0.5, 0.6) is 0 Å². The molecule has 1 aliphatic carbocycles. The van der Waals surface area contributed by atoms with Gasteiger partial charge in [-0.1, -0.05) is 12.8 Å². The maximum atomic E-state index is 3.59. The Morgan fingerprint density at radius 2 is 1.41 bits per heavy atom. The van der Waals surface area contributed by atoms with Crippen molar-refractivity contribution in [2.45, 2.75) is 39.2 Å². The van der Waals surface area contributed by atoms with E-state index in [1.54, 1.807) is 0 Å². The van der Waals surface area contributed by atoms with Crippen molar-refractivity contribution < 1.29 is 9.13 Å². The Balaban J connectivity index is 1.41. The zero-order valence-electron chi connectivity index (χ0n) is 16.1. The van der Waals surface area contributed by atoms with Crippen LogP contribution >= 0.6 is 0 Å². The number of aromatic nitrogens is 2. The second kappa shape index (κ2) is 8.34. The molecule has 1 fully saturated rings. The minimum absolute atomic E-state index is 0.858. The van der Waals surface area contributed by atoms with Gasteiger partial charge in [0.2, 0.25) is 5.69 Å². The van der Waals surface area contributed by atoms with E-state index < -0.39 is 0 Å². The predicted molar refractivity (Wildman–Crippen MR) is 110 cm³/mol. The van der Waals surface area contributed by atoms with E-state index >= 15 is 0 Å². The average molecular weight is 360 g/mol. The van der Waals surface area contributed by atoms with Gasteiger partial charge < -0.3 is 5.32 Å². The molecular formula is C24H29N3+2. The third-order valence-corrected chi connectivity index (χ3v) is 5.65.